The molecule has 0 unspecified atom stereocenters. The van der Waals surface area contributed by atoms with Crippen LogP contribution in [0.1, 0.15) is 10.4 Å². The monoisotopic (exact) mass is 270 g/mol. The molecule has 20 heavy (non-hydrogen) atoms. The summed E-state index contributed by atoms with van der Waals surface area (Å²) >= 11 is 0. The van der Waals surface area contributed by atoms with E-state index in [1.165, 1.54) is 13.3 Å². The molecule has 0 saturated heterocycles. The maximum Gasteiger partial charge on any atom is 0.336 e. The normalized spacial score (nSPS) is 10.4. The first-order valence-corrected chi connectivity index (χ1v) is 5.75. The number of benzene rings is 1. The van der Waals surface area contributed by atoms with Crippen molar-refractivity contribution in [2.45, 2.75) is 0 Å². The standard InChI is InChI=1S/C12H10N6O2/c1-20-12-16-11(17-18-12)15-10(19)7-3-2-4-8-9(7)14-6-5-13-8/h2-6H,1H3,(H2,15,16,17,18,19). The Labute approximate surface area is 113 Å². The van der Waals surface area contributed by atoms with Crippen LogP contribution in [-0.2, 0) is 0 Å². The smallest absolute Gasteiger partial charge is 0.336 e. The fraction of sp³-hybridized carbons (Fsp3) is 0.0833. The summed E-state index contributed by atoms with van der Waals surface area (Å²) in [6.45, 7) is 0. The number of rotatable bonds is 3. The van der Waals surface area contributed by atoms with E-state index in [9.17, 15) is 4.79 Å². The molecule has 1 amide bonds. The summed E-state index contributed by atoms with van der Waals surface area (Å²) in [5, 5.41) is 8.88. The van der Waals surface area contributed by atoms with E-state index in [1.807, 2.05) is 0 Å². The van der Waals surface area contributed by atoms with Gasteiger partial charge in [-0.1, -0.05) is 6.07 Å². The summed E-state index contributed by atoms with van der Waals surface area (Å²) in [5.74, 6) is -0.150. The fourth-order valence-electron chi connectivity index (χ4n) is 1.74. The van der Waals surface area contributed by atoms with Crippen LogP contribution in [0.2, 0.25) is 0 Å². The Bertz CT molecular complexity index is 764. The van der Waals surface area contributed by atoms with Gasteiger partial charge in [0.25, 0.3) is 5.91 Å². The van der Waals surface area contributed by atoms with Crippen molar-refractivity contribution in [3.63, 3.8) is 0 Å². The van der Waals surface area contributed by atoms with E-state index in [0.717, 1.165) is 0 Å². The first-order chi connectivity index (χ1) is 9.78. The van der Waals surface area contributed by atoms with Crippen LogP contribution < -0.4 is 10.1 Å². The van der Waals surface area contributed by atoms with Crippen molar-refractivity contribution in [1.29, 1.82) is 0 Å². The highest BCUT2D eigenvalue weighted by atomic mass is 16.5. The molecule has 2 aromatic heterocycles. The molecule has 0 aliphatic carbocycles. The summed E-state index contributed by atoms with van der Waals surface area (Å²) in [5.41, 5.74) is 1.58. The maximum atomic E-state index is 12.2. The molecule has 0 saturated carbocycles. The second-order valence-corrected chi connectivity index (χ2v) is 3.85. The molecule has 8 heteroatoms. The van der Waals surface area contributed by atoms with Crippen molar-refractivity contribution in [3.05, 3.63) is 36.2 Å². The van der Waals surface area contributed by atoms with Crippen LogP contribution in [-0.4, -0.2) is 38.2 Å². The van der Waals surface area contributed by atoms with E-state index in [-0.39, 0.29) is 17.9 Å². The summed E-state index contributed by atoms with van der Waals surface area (Å²) in [7, 11) is 1.44. The molecule has 0 aliphatic heterocycles. The van der Waals surface area contributed by atoms with Crippen molar-refractivity contribution in [2.75, 3.05) is 12.4 Å². The van der Waals surface area contributed by atoms with E-state index in [1.54, 1.807) is 24.4 Å². The van der Waals surface area contributed by atoms with Crippen LogP contribution in [0, 0.1) is 0 Å². The van der Waals surface area contributed by atoms with Crippen LogP contribution in [0.3, 0.4) is 0 Å². The average Bonchev–Trinajstić information content (AvgIpc) is 2.94. The number of nitrogens with zero attached hydrogens (tertiary/aromatic N) is 4. The number of aromatic nitrogens is 5. The number of fused-ring (bicyclic) bond motifs is 1. The van der Waals surface area contributed by atoms with Crippen molar-refractivity contribution in [2.24, 2.45) is 0 Å². The van der Waals surface area contributed by atoms with Gasteiger partial charge >= 0.3 is 6.01 Å². The molecule has 1 aromatic carbocycles. The third-order valence-corrected chi connectivity index (χ3v) is 2.62. The highest BCUT2D eigenvalue weighted by Crippen LogP contribution is 2.15. The number of amides is 1. The first kappa shape index (κ1) is 12.0. The van der Waals surface area contributed by atoms with E-state index in [2.05, 4.69) is 30.5 Å². The van der Waals surface area contributed by atoms with Gasteiger partial charge < -0.3 is 4.74 Å². The van der Waals surface area contributed by atoms with Gasteiger partial charge in [-0.05, 0) is 12.1 Å². The minimum absolute atomic E-state index is 0.151. The summed E-state index contributed by atoms with van der Waals surface area (Å²) in [6, 6.07) is 5.35. The van der Waals surface area contributed by atoms with Crippen LogP contribution in [0.25, 0.3) is 11.0 Å². The lowest BCUT2D eigenvalue weighted by Gasteiger charge is -2.04. The Morgan fingerprint density at radius 1 is 1.30 bits per heavy atom. The lowest BCUT2D eigenvalue weighted by Crippen LogP contribution is -2.14. The number of hydrogen-bond donors (Lipinski definition) is 2. The van der Waals surface area contributed by atoms with Gasteiger partial charge in [0, 0.05) is 12.4 Å². The zero-order chi connectivity index (χ0) is 13.9. The van der Waals surface area contributed by atoms with E-state index >= 15 is 0 Å². The molecule has 0 radical (unpaired) electrons. The Kier molecular flexibility index (Phi) is 2.96. The maximum absolute atomic E-state index is 12.2. The third-order valence-electron chi connectivity index (χ3n) is 2.62. The van der Waals surface area contributed by atoms with Crippen molar-refractivity contribution in [1.82, 2.24) is 25.1 Å². The number of ether oxygens (including phenoxy) is 1. The number of carbonyl (C=O) groups is 1. The molecule has 0 fully saturated rings. The summed E-state index contributed by atoms with van der Waals surface area (Å²) < 4.78 is 4.83. The van der Waals surface area contributed by atoms with Crippen LogP contribution >= 0.6 is 0 Å². The third kappa shape index (κ3) is 2.14. The highest BCUT2D eigenvalue weighted by molar-refractivity contribution is 6.10. The minimum Gasteiger partial charge on any atom is -0.466 e. The first-order valence-electron chi connectivity index (χ1n) is 5.75. The van der Waals surface area contributed by atoms with Gasteiger partial charge in [0.2, 0.25) is 5.95 Å². The molecule has 0 bridgehead atoms. The Morgan fingerprint density at radius 3 is 2.95 bits per heavy atom. The highest BCUT2D eigenvalue weighted by Gasteiger charge is 2.13. The zero-order valence-corrected chi connectivity index (χ0v) is 10.5. The second kappa shape index (κ2) is 4.92. The van der Waals surface area contributed by atoms with E-state index < -0.39 is 0 Å². The summed E-state index contributed by atoms with van der Waals surface area (Å²) in [4.78, 5) is 24.5. The van der Waals surface area contributed by atoms with Gasteiger partial charge in [-0.3, -0.25) is 20.1 Å². The Morgan fingerprint density at radius 2 is 2.15 bits per heavy atom. The van der Waals surface area contributed by atoms with E-state index in [4.69, 9.17) is 4.74 Å². The van der Waals surface area contributed by atoms with Gasteiger partial charge in [0.15, 0.2) is 0 Å². The molecule has 100 valence electrons. The minimum atomic E-state index is -0.352. The van der Waals surface area contributed by atoms with Crippen molar-refractivity contribution in [3.8, 4) is 6.01 Å². The lowest BCUT2D eigenvalue weighted by molar-refractivity contribution is 0.102. The van der Waals surface area contributed by atoms with Gasteiger partial charge in [-0.2, -0.15) is 4.98 Å². The quantitative estimate of drug-likeness (QED) is 0.735. The molecule has 2 N–H and O–H groups in total. The van der Waals surface area contributed by atoms with Gasteiger partial charge in [-0.25, -0.2) is 5.10 Å². The summed E-state index contributed by atoms with van der Waals surface area (Å²) in [6.07, 6.45) is 3.11. The molecule has 3 rings (SSSR count). The number of methoxy groups -OCH3 is 1. The fourth-order valence-corrected chi connectivity index (χ4v) is 1.74. The molecule has 0 spiro atoms. The number of hydrogen-bond acceptors (Lipinski definition) is 6. The molecule has 3 aromatic rings. The molecule has 2 heterocycles. The largest absolute Gasteiger partial charge is 0.466 e. The number of nitrogens with one attached hydrogen (secondary N) is 2. The van der Waals surface area contributed by atoms with Gasteiger partial charge in [-0.15, -0.1) is 5.10 Å². The van der Waals surface area contributed by atoms with Crippen LogP contribution in [0.15, 0.2) is 30.6 Å². The van der Waals surface area contributed by atoms with Crippen LogP contribution in [0.5, 0.6) is 6.01 Å². The van der Waals surface area contributed by atoms with Crippen LogP contribution in [0.4, 0.5) is 5.95 Å². The number of aromatic amines is 1. The lowest BCUT2D eigenvalue weighted by atomic mass is 10.1. The number of anilines is 1. The predicted octanol–water partition coefficient (Wildman–Crippen LogP) is 1.01. The Balaban J connectivity index is 1.92. The molecule has 0 atom stereocenters. The number of carbonyl (C=O) groups excluding carboxylic acids is 1. The van der Waals surface area contributed by atoms with Gasteiger partial charge in [0.05, 0.1) is 18.2 Å². The zero-order valence-electron chi connectivity index (χ0n) is 10.5. The SMILES string of the molecule is COc1n[nH]c(NC(=O)c2cccc3nccnc23)n1. The predicted molar refractivity (Wildman–Crippen MR) is 70.4 cm³/mol. The molecule has 8 nitrogen and oxygen atoms in total. The molecule has 0 aliphatic rings. The molecular formula is C12H10N6O2. The molecular weight excluding hydrogens is 260 g/mol. The number of para-hydroxylation sites is 1. The Hall–Kier alpha value is -3.03. The second-order valence-electron chi connectivity index (χ2n) is 3.85. The van der Waals surface area contributed by atoms with Crippen molar-refractivity contribution >= 4 is 22.9 Å². The van der Waals surface area contributed by atoms with Gasteiger partial charge in [0.1, 0.15) is 5.52 Å². The topological polar surface area (TPSA) is 106 Å². The van der Waals surface area contributed by atoms with E-state index in [0.29, 0.717) is 16.6 Å². The van der Waals surface area contributed by atoms with Crippen molar-refractivity contribution < 1.29 is 9.53 Å². The average molecular weight is 270 g/mol. The number of H-pyrrole nitrogens is 1.